The molecule has 0 bridgehead atoms. The summed E-state index contributed by atoms with van der Waals surface area (Å²) in [6.45, 7) is 4.96. The zero-order valence-corrected chi connectivity index (χ0v) is 13.3. The van der Waals surface area contributed by atoms with Crippen molar-refractivity contribution in [2.45, 2.75) is 25.9 Å². The van der Waals surface area contributed by atoms with E-state index in [1.165, 1.54) is 0 Å². The Morgan fingerprint density at radius 1 is 1.32 bits per heavy atom. The molecule has 1 aliphatic heterocycles. The lowest BCUT2D eigenvalue weighted by atomic mass is 10.1. The zero-order valence-electron chi connectivity index (χ0n) is 13.3. The molecule has 1 aromatic rings. The van der Waals surface area contributed by atoms with Crippen molar-refractivity contribution in [3.63, 3.8) is 0 Å². The molecule has 1 heterocycles. The molecular formula is C17H23N3O2. The van der Waals surface area contributed by atoms with Crippen molar-refractivity contribution in [2.75, 3.05) is 38.2 Å². The van der Waals surface area contributed by atoms with Crippen LogP contribution in [0.2, 0.25) is 0 Å². The molecule has 0 spiro atoms. The summed E-state index contributed by atoms with van der Waals surface area (Å²) in [5.74, 6) is 0.0698. The minimum atomic E-state index is -0.349. The van der Waals surface area contributed by atoms with Gasteiger partial charge in [-0.25, -0.2) is 0 Å². The monoisotopic (exact) mass is 301 g/mol. The highest BCUT2D eigenvalue weighted by Gasteiger charge is 2.25. The number of hydrogen-bond donors (Lipinski definition) is 0. The van der Waals surface area contributed by atoms with E-state index >= 15 is 0 Å². The quantitative estimate of drug-likeness (QED) is 0.854. The summed E-state index contributed by atoms with van der Waals surface area (Å²) in [4.78, 5) is 16.5. The van der Waals surface area contributed by atoms with Crippen LogP contribution in [0.15, 0.2) is 24.3 Å². The lowest BCUT2D eigenvalue weighted by Crippen LogP contribution is -2.42. The molecular weight excluding hydrogens is 278 g/mol. The van der Waals surface area contributed by atoms with Gasteiger partial charge in [-0.1, -0.05) is 19.1 Å². The maximum absolute atomic E-state index is 12.4. The van der Waals surface area contributed by atoms with Crippen molar-refractivity contribution >= 4 is 11.6 Å². The van der Waals surface area contributed by atoms with Crippen LogP contribution in [0.1, 0.15) is 25.3 Å². The summed E-state index contributed by atoms with van der Waals surface area (Å²) >= 11 is 0. The number of carbonyl (C=O) groups is 1. The second-order valence-corrected chi connectivity index (χ2v) is 5.43. The van der Waals surface area contributed by atoms with Gasteiger partial charge in [-0.3, -0.25) is 4.79 Å². The summed E-state index contributed by atoms with van der Waals surface area (Å²) in [6, 6.07) is 9.87. The number of methoxy groups -OCH3 is 1. The molecule has 5 nitrogen and oxygen atoms in total. The van der Waals surface area contributed by atoms with Gasteiger partial charge in [0.15, 0.2) is 0 Å². The molecule has 0 aliphatic carbocycles. The highest BCUT2D eigenvalue weighted by atomic mass is 16.5. The zero-order chi connectivity index (χ0) is 15.9. The molecule has 2 rings (SSSR count). The molecule has 5 heteroatoms. The van der Waals surface area contributed by atoms with Gasteiger partial charge in [-0.05, 0) is 25.0 Å². The number of amides is 1. The van der Waals surface area contributed by atoms with Crippen molar-refractivity contribution in [3.05, 3.63) is 29.8 Å². The predicted molar refractivity (Wildman–Crippen MR) is 85.7 cm³/mol. The van der Waals surface area contributed by atoms with E-state index in [1.807, 2.05) is 36.1 Å². The maximum Gasteiger partial charge on any atom is 0.251 e. The number of benzene rings is 1. The van der Waals surface area contributed by atoms with Crippen LogP contribution in [0.3, 0.4) is 0 Å². The van der Waals surface area contributed by atoms with E-state index in [0.29, 0.717) is 18.5 Å². The largest absolute Gasteiger partial charge is 0.372 e. The standard InChI is InChI=1S/C17H23N3O2/c1-3-16(22-2)17(21)20-10-6-9-19(11-12-20)15-8-5-4-7-14(15)13-18/h4-5,7-8,16H,3,6,9-12H2,1-2H3/t16-/m0/s1. The molecule has 22 heavy (non-hydrogen) atoms. The van der Waals surface area contributed by atoms with Crippen molar-refractivity contribution in [1.29, 1.82) is 5.26 Å². The molecule has 1 saturated heterocycles. The first-order valence-electron chi connectivity index (χ1n) is 7.77. The minimum Gasteiger partial charge on any atom is -0.372 e. The van der Waals surface area contributed by atoms with Gasteiger partial charge < -0.3 is 14.5 Å². The lowest BCUT2D eigenvalue weighted by molar-refractivity contribution is -0.141. The third-order valence-corrected chi connectivity index (χ3v) is 4.10. The van der Waals surface area contributed by atoms with Gasteiger partial charge in [0, 0.05) is 33.3 Å². The number of rotatable bonds is 4. The Morgan fingerprint density at radius 3 is 2.77 bits per heavy atom. The smallest absolute Gasteiger partial charge is 0.251 e. The Labute approximate surface area is 132 Å². The van der Waals surface area contributed by atoms with E-state index in [-0.39, 0.29) is 12.0 Å². The molecule has 118 valence electrons. The van der Waals surface area contributed by atoms with Gasteiger partial charge >= 0.3 is 0 Å². The normalized spacial score (nSPS) is 16.8. The summed E-state index contributed by atoms with van der Waals surface area (Å²) in [7, 11) is 1.58. The summed E-state index contributed by atoms with van der Waals surface area (Å²) in [5, 5.41) is 9.24. The van der Waals surface area contributed by atoms with E-state index < -0.39 is 0 Å². The van der Waals surface area contributed by atoms with Gasteiger partial charge in [-0.2, -0.15) is 5.26 Å². The Balaban J connectivity index is 2.07. The Kier molecular flexibility index (Phi) is 5.79. The van der Waals surface area contributed by atoms with Crippen LogP contribution in [0.25, 0.3) is 0 Å². The van der Waals surface area contributed by atoms with Crippen molar-refractivity contribution in [2.24, 2.45) is 0 Å². The van der Waals surface area contributed by atoms with Crippen molar-refractivity contribution < 1.29 is 9.53 Å². The third kappa shape index (κ3) is 3.58. The SMILES string of the molecule is CC[C@H](OC)C(=O)N1CCCN(c2ccccc2C#N)CC1. The van der Waals surface area contributed by atoms with Crippen LogP contribution in [-0.4, -0.2) is 50.2 Å². The van der Waals surface area contributed by atoms with Crippen molar-refractivity contribution in [3.8, 4) is 6.07 Å². The second kappa shape index (κ2) is 7.81. The van der Waals surface area contributed by atoms with Gasteiger partial charge in [0.2, 0.25) is 0 Å². The molecule has 0 unspecified atom stereocenters. The minimum absolute atomic E-state index is 0.0698. The molecule has 1 amide bonds. The molecule has 1 atom stereocenters. The number of nitriles is 1. The molecule has 1 aliphatic rings. The van der Waals surface area contributed by atoms with E-state index in [9.17, 15) is 10.1 Å². The van der Waals surface area contributed by atoms with E-state index in [2.05, 4.69) is 11.0 Å². The number of para-hydroxylation sites is 1. The van der Waals surface area contributed by atoms with Gasteiger partial charge in [0.1, 0.15) is 12.2 Å². The summed E-state index contributed by atoms with van der Waals surface area (Å²) in [5.41, 5.74) is 1.64. The summed E-state index contributed by atoms with van der Waals surface area (Å²) < 4.78 is 5.26. The average Bonchev–Trinajstić information content (AvgIpc) is 2.81. The van der Waals surface area contributed by atoms with Gasteiger partial charge in [0.05, 0.1) is 11.3 Å². The first-order chi connectivity index (χ1) is 10.7. The molecule has 0 aromatic heterocycles. The fraction of sp³-hybridized carbons (Fsp3) is 0.529. The number of ether oxygens (including phenoxy) is 1. The van der Waals surface area contributed by atoms with E-state index in [1.54, 1.807) is 7.11 Å². The van der Waals surface area contributed by atoms with Crippen molar-refractivity contribution in [1.82, 2.24) is 4.90 Å². The van der Waals surface area contributed by atoms with E-state index in [0.717, 1.165) is 31.7 Å². The number of hydrogen-bond acceptors (Lipinski definition) is 4. The second-order valence-electron chi connectivity index (χ2n) is 5.43. The van der Waals surface area contributed by atoms with Crippen LogP contribution in [0.5, 0.6) is 0 Å². The number of anilines is 1. The topological polar surface area (TPSA) is 56.6 Å². The van der Waals surface area contributed by atoms with Gasteiger partial charge in [0.25, 0.3) is 5.91 Å². The number of nitrogens with zero attached hydrogens (tertiary/aromatic N) is 3. The molecule has 0 saturated carbocycles. The molecule has 0 radical (unpaired) electrons. The first-order valence-corrected chi connectivity index (χ1v) is 7.77. The Morgan fingerprint density at radius 2 is 2.09 bits per heavy atom. The number of carbonyl (C=O) groups excluding carboxylic acids is 1. The molecule has 0 N–H and O–H groups in total. The first kappa shape index (κ1) is 16.3. The average molecular weight is 301 g/mol. The van der Waals surface area contributed by atoms with Gasteiger partial charge in [-0.15, -0.1) is 0 Å². The highest BCUT2D eigenvalue weighted by Crippen LogP contribution is 2.21. The maximum atomic E-state index is 12.4. The van der Waals surface area contributed by atoms with Crippen LogP contribution in [0.4, 0.5) is 5.69 Å². The lowest BCUT2D eigenvalue weighted by Gasteiger charge is -2.26. The highest BCUT2D eigenvalue weighted by molar-refractivity contribution is 5.81. The van der Waals surface area contributed by atoms with Crippen LogP contribution in [-0.2, 0) is 9.53 Å². The van der Waals surface area contributed by atoms with Crippen LogP contribution < -0.4 is 4.90 Å². The van der Waals surface area contributed by atoms with Crippen LogP contribution >= 0.6 is 0 Å². The Hall–Kier alpha value is -2.06. The fourth-order valence-electron chi connectivity index (χ4n) is 2.87. The predicted octanol–water partition coefficient (Wildman–Crippen LogP) is 2.02. The third-order valence-electron chi connectivity index (χ3n) is 4.10. The van der Waals surface area contributed by atoms with Crippen LogP contribution in [0, 0.1) is 11.3 Å². The van der Waals surface area contributed by atoms with E-state index in [4.69, 9.17) is 4.74 Å². The molecule has 1 aromatic carbocycles. The fourth-order valence-corrected chi connectivity index (χ4v) is 2.87. The molecule has 1 fully saturated rings. The summed E-state index contributed by atoms with van der Waals surface area (Å²) in [6.07, 6.45) is 1.23. The Bertz CT molecular complexity index is 549.